The number of amides is 1. The lowest BCUT2D eigenvalue weighted by atomic mass is 10.2. The van der Waals surface area contributed by atoms with Gasteiger partial charge in [-0.3, -0.25) is 4.79 Å². The monoisotopic (exact) mass is 263 g/mol. The minimum absolute atomic E-state index is 0.0555. The van der Waals surface area contributed by atoms with Gasteiger partial charge >= 0.3 is 0 Å². The van der Waals surface area contributed by atoms with Crippen LogP contribution in [-0.4, -0.2) is 42.4 Å². The van der Waals surface area contributed by atoms with Crippen LogP contribution in [0.25, 0.3) is 6.08 Å². The Kier molecular flexibility index (Phi) is 4.06. The summed E-state index contributed by atoms with van der Waals surface area (Å²) in [5, 5.41) is 9.00. The SMILES string of the molecule is CC(CO)N(C)C(=O)/C=C/c1ccc2c(c1)OCO2. The summed E-state index contributed by atoms with van der Waals surface area (Å²) in [6, 6.07) is 5.29. The molecule has 0 bridgehead atoms. The van der Waals surface area contributed by atoms with Crippen LogP contribution in [0.5, 0.6) is 11.5 Å². The molecule has 0 aliphatic carbocycles. The number of likely N-dealkylation sites (N-methyl/N-ethyl adjacent to an activating group) is 1. The summed E-state index contributed by atoms with van der Waals surface area (Å²) >= 11 is 0. The zero-order chi connectivity index (χ0) is 13.8. The van der Waals surface area contributed by atoms with Gasteiger partial charge in [0.2, 0.25) is 12.7 Å². The standard InChI is InChI=1S/C14H17NO4/c1-10(8-16)15(2)14(17)6-4-11-3-5-12-13(7-11)19-9-18-12/h3-7,10,16H,8-9H2,1-2H3/b6-4+. The first kappa shape index (κ1) is 13.4. The van der Waals surface area contributed by atoms with Gasteiger partial charge in [-0.1, -0.05) is 6.07 Å². The van der Waals surface area contributed by atoms with Crippen molar-refractivity contribution in [1.29, 1.82) is 0 Å². The molecule has 1 N–H and O–H groups in total. The molecule has 1 aliphatic heterocycles. The highest BCUT2D eigenvalue weighted by Gasteiger charge is 2.13. The average Bonchev–Trinajstić information content (AvgIpc) is 2.90. The second-order valence-electron chi connectivity index (χ2n) is 4.43. The molecule has 0 aromatic heterocycles. The molecule has 0 saturated heterocycles. The number of aliphatic hydroxyl groups is 1. The molecule has 5 heteroatoms. The van der Waals surface area contributed by atoms with E-state index in [-0.39, 0.29) is 25.3 Å². The number of benzene rings is 1. The first-order valence-corrected chi connectivity index (χ1v) is 6.07. The van der Waals surface area contributed by atoms with Crippen molar-refractivity contribution in [1.82, 2.24) is 4.90 Å². The molecule has 1 heterocycles. The molecule has 1 amide bonds. The minimum atomic E-state index is -0.200. The molecular weight excluding hydrogens is 246 g/mol. The third kappa shape index (κ3) is 3.06. The van der Waals surface area contributed by atoms with Crippen LogP contribution in [0, 0.1) is 0 Å². The number of carbonyl (C=O) groups is 1. The number of rotatable bonds is 4. The van der Waals surface area contributed by atoms with Crippen LogP contribution in [0.3, 0.4) is 0 Å². The summed E-state index contributed by atoms with van der Waals surface area (Å²) in [7, 11) is 1.66. The van der Waals surface area contributed by atoms with E-state index in [0.717, 1.165) is 11.3 Å². The van der Waals surface area contributed by atoms with Gasteiger partial charge in [-0.2, -0.15) is 0 Å². The molecule has 102 valence electrons. The molecule has 0 radical (unpaired) electrons. The number of hydrogen-bond donors (Lipinski definition) is 1. The number of hydrogen-bond acceptors (Lipinski definition) is 4. The third-order valence-electron chi connectivity index (χ3n) is 3.09. The van der Waals surface area contributed by atoms with E-state index >= 15 is 0 Å². The van der Waals surface area contributed by atoms with Gasteiger partial charge in [0, 0.05) is 13.1 Å². The van der Waals surface area contributed by atoms with Gasteiger partial charge in [-0.05, 0) is 30.7 Å². The lowest BCUT2D eigenvalue weighted by molar-refractivity contribution is -0.127. The maximum atomic E-state index is 11.8. The minimum Gasteiger partial charge on any atom is -0.454 e. The topological polar surface area (TPSA) is 59.0 Å². The van der Waals surface area contributed by atoms with Crippen molar-refractivity contribution in [3.63, 3.8) is 0 Å². The molecule has 1 aromatic rings. The lowest BCUT2D eigenvalue weighted by Crippen LogP contribution is -2.36. The second kappa shape index (κ2) is 5.75. The Morgan fingerprint density at radius 1 is 1.47 bits per heavy atom. The molecule has 1 atom stereocenters. The smallest absolute Gasteiger partial charge is 0.246 e. The molecule has 1 aliphatic rings. The van der Waals surface area contributed by atoms with Crippen LogP contribution in [0.2, 0.25) is 0 Å². The van der Waals surface area contributed by atoms with Gasteiger partial charge in [0.15, 0.2) is 11.5 Å². The van der Waals surface area contributed by atoms with Crippen LogP contribution in [0.1, 0.15) is 12.5 Å². The van der Waals surface area contributed by atoms with Gasteiger partial charge in [0.25, 0.3) is 0 Å². The first-order chi connectivity index (χ1) is 9.11. The van der Waals surface area contributed by atoms with Crippen molar-refractivity contribution in [2.24, 2.45) is 0 Å². The predicted molar refractivity (Wildman–Crippen MR) is 70.9 cm³/mol. The summed E-state index contributed by atoms with van der Waals surface area (Å²) in [6.45, 7) is 1.96. The number of aliphatic hydroxyl groups excluding tert-OH is 1. The molecule has 0 fully saturated rings. The van der Waals surface area contributed by atoms with Gasteiger partial charge < -0.3 is 19.5 Å². The maximum absolute atomic E-state index is 11.8. The zero-order valence-electron chi connectivity index (χ0n) is 11.0. The largest absolute Gasteiger partial charge is 0.454 e. The van der Waals surface area contributed by atoms with Crippen molar-refractivity contribution in [2.75, 3.05) is 20.4 Å². The van der Waals surface area contributed by atoms with Crippen molar-refractivity contribution in [3.05, 3.63) is 29.8 Å². The molecular formula is C14H17NO4. The van der Waals surface area contributed by atoms with E-state index in [0.29, 0.717) is 5.75 Å². The van der Waals surface area contributed by atoms with Crippen molar-refractivity contribution < 1.29 is 19.4 Å². The van der Waals surface area contributed by atoms with Crippen LogP contribution in [-0.2, 0) is 4.79 Å². The Morgan fingerprint density at radius 2 is 2.21 bits per heavy atom. The van der Waals surface area contributed by atoms with Gasteiger partial charge in [-0.15, -0.1) is 0 Å². The van der Waals surface area contributed by atoms with Crippen molar-refractivity contribution >= 4 is 12.0 Å². The predicted octanol–water partition coefficient (Wildman–Crippen LogP) is 1.27. The second-order valence-corrected chi connectivity index (χ2v) is 4.43. The van der Waals surface area contributed by atoms with E-state index in [1.165, 1.54) is 11.0 Å². The molecule has 0 saturated carbocycles. The van der Waals surface area contributed by atoms with Crippen LogP contribution < -0.4 is 9.47 Å². The molecule has 1 unspecified atom stereocenters. The Bertz CT molecular complexity index is 498. The number of carbonyl (C=O) groups excluding carboxylic acids is 1. The van der Waals surface area contributed by atoms with Crippen molar-refractivity contribution in [2.45, 2.75) is 13.0 Å². The third-order valence-corrected chi connectivity index (χ3v) is 3.09. The van der Waals surface area contributed by atoms with E-state index in [9.17, 15) is 4.79 Å². The summed E-state index contributed by atoms with van der Waals surface area (Å²) < 4.78 is 10.5. The van der Waals surface area contributed by atoms with Crippen LogP contribution in [0.4, 0.5) is 0 Å². The highest BCUT2D eigenvalue weighted by Crippen LogP contribution is 2.32. The quantitative estimate of drug-likeness (QED) is 0.831. The highest BCUT2D eigenvalue weighted by atomic mass is 16.7. The summed E-state index contributed by atoms with van der Waals surface area (Å²) in [6.07, 6.45) is 3.19. The number of nitrogens with zero attached hydrogens (tertiary/aromatic N) is 1. The molecule has 0 spiro atoms. The summed E-state index contributed by atoms with van der Waals surface area (Å²) in [5.74, 6) is 1.25. The first-order valence-electron chi connectivity index (χ1n) is 6.07. The Morgan fingerprint density at radius 3 is 2.95 bits per heavy atom. The Hall–Kier alpha value is -2.01. The molecule has 5 nitrogen and oxygen atoms in total. The molecule has 2 rings (SSSR count). The molecule has 1 aromatic carbocycles. The summed E-state index contributed by atoms with van der Waals surface area (Å²) in [4.78, 5) is 13.3. The molecule has 19 heavy (non-hydrogen) atoms. The van der Waals surface area contributed by atoms with E-state index in [1.807, 2.05) is 18.2 Å². The fourth-order valence-corrected chi connectivity index (χ4v) is 1.64. The Balaban J connectivity index is 2.04. The lowest BCUT2D eigenvalue weighted by Gasteiger charge is -2.21. The van der Waals surface area contributed by atoms with Gasteiger partial charge in [0.1, 0.15) is 0 Å². The fourth-order valence-electron chi connectivity index (χ4n) is 1.64. The highest BCUT2D eigenvalue weighted by molar-refractivity contribution is 5.91. The Labute approximate surface area is 112 Å². The average molecular weight is 263 g/mol. The van der Waals surface area contributed by atoms with Crippen LogP contribution >= 0.6 is 0 Å². The van der Waals surface area contributed by atoms with E-state index in [4.69, 9.17) is 14.6 Å². The van der Waals surface area contributed by atoms with E-state index in [1.54, 1.807) is 20.0 Å². The number of ether oxygens (including phenoxy) is 2. The normalized spacial score (nSPS) is 14.7. The maximum Gasteiger partial charge on any atom is 0.246 e. The van der Waals surface area contributed by atoms with Crippen LogP contribution in [0.15, 0.2) is 24.3 Å². The van der Waals surface area contributed by atoms with E-state index in [2.05, 4.69) is 0 Å². The number of fused-ring (bicyclic) bond motifs is 1. The fraction of sp³-hybridized carbons (Fsp3) is 0.357. The van der Waals surface area contributed by atoms with E-state index < -0.39 is 0 Å². The summed E-state index contributed by atoms with van der Waals surface area (Å²) in [5.41, 5.74) is 0.864. The van der Waals surface area contributed by atoms with Crippen molar-refractivity contribution in [3.8, 4) is 11.5 Å². The van der Waals surface area contributed by atoms with Gasteiger partial charge in [-0.25, -0.2) is 0 Å². The van der Waals surface area contributed by atoms with Gasteiger partial charge in [0.05, 0.1) is 12.6 Å². The zero-order valence-corrected chi connectivity index (χ0v) is 11.0.